The second kappa shape index (κ2) is 13.2. The molecular weight excluding hydrogens is 563 g/mol. The number of anilines is 2. The summed E-state index contributed by atoms with van der Waals surface area (Å²) in [5.41, 5.74) is -0.213. The first kappa shape index (κ1) is 33.0. The molecule has 41 heavy (non-hydrogen) atoms. The van der Waals surface area contributed by atoms with Gasteiger partial charge in [-0.05, 0) is 89.7 Å². The number of rotatable bonds is 7. The average Bonchev–Trinajstić information content (AvgIpc) is 3.70. The van der Waals surface area contributed by atoms with Crippen molar-refractivity contribution in [2.24, 2.45) is 11.8 Å². The summed E-state index contributed by atoms with van der Waals surface area (Å²) in [6.07, 6.45) is -2.99. The lowest BCUT2D eigenvalue weighted by Crippen LogP contribution is -2.33. The molecule has 1 aliphatic heterocycles. The van der Waals surface area contributed by atoms with E-state index in [1.54, 1.807) is 20.8 Å². The fourth-order valence-electron chi connectivity index (χ4n) is 4.08. The van der Waals surface area contributed by atoms with Crippen molar-refractivity contribution in [2.75, 3.05) is 31.6 Å². The van der Waals surface area contributed by atoms with E-state index in [1.807, 2.05) is 46.6 Å². The van der Waals surface area contributed by atoms with Crippen molar-refractivity contribution in [3.8, 4) is 5.75 Å². The number of para-hydroxylation sites is 1. The maximum Gasteiger partial charge on any atom is 0.420 e. The van der Waals surface area contributed by atoms with Gasteiger partial charge in [-0.15, -0.1) is 0 Å². The van der Waals surface area contributed by atoms with E-state index in [2.05, 4.69) is 0 Å². The van der Waals surface area contributed by atoms with Crippen molar-refractivity contribution in [1.82, 2.24) is 4.31 Å². The van der Waals surface area contributed by atoms with E-state index in [4.69, 9.17) is 9.47 Å². The summed E-state index contributed by atoms with van der Waals surface area (Å²) in [6, 6.07) is 12.0. The molecule has 1 unspecified atom stereocenters. The Hall–Kier alpha value is -2.53. The molecule has 2 aliphatic rings. The van der Waals surface area contributed by atoms with Crippen molar-refractivity contribution < 1.29 is 36.2 Å². The van der Waals surface area contributed by atoms with E-state index in [0.717, 1.165) is 25.5 Å². The molecule has 5 nitrogen and oxygen atoms in total. The van der Waals surface area contributed by atoms with Crippen LogP contribution in [0.25, 0.3) is 0 Å². The van der Waals surface area contributed by atoms with E-state index in [9.17, 15) is 26.7 Å². The molecule has 4 rings (SSSR count). The topological polar surface area (TPSA) is 42.0 Å². The summed E-state index contributed by atoms with van der Waals surface area (Å²) in [6.45, 7) is 8.74. The first-order chi connectivity index (χ1) is 19.0. The molecule has 0 N–H and O–H groups in total. The van der Waals surface area contributed by atoms with Crippen molar-refractivity contribution in [3.63, 3.8) is 0 Å². The zero-order valence-corrected chi connectivity index (χ0v) is 25.2. The molecule has 2 aromatic rings. The van der Waals surface area contributed by atoms with Gasteiger partial charge >= 0.3 is 12.1 Å². The Labute approximate surface area is 243 Å². The summed E-state index contributed by atoms with van der Waals surface area (Å²) in [4.78, 5) is 15.3. The largest absolute Gasteiger partial charge is 0.492 e. The standard InChI is InChI=1S/C26H31F3N2O3S.C4H8F2/c1-25(2,3)34-24(32)19(17-10-11-17)16-33-22-15-23-21(14-20(22)26(27,28)29)31(13-12-30(4)35-23)18-8-6-5-7-9-18;1-3-4(2,5)6/h5-9,14-15,17,19H,10-13,16H2,1-4H3;3H2,1-2H3. The number of carbonyl (C=O) groups excluding carboxylic acids is 1. The van der Waals surface area contributed by atoms with Gasteiger partial charge in [0, 0.05) is 25.2 Å². The van der Waals surface area contributed by atoms with Crippen LogP contribution in [-0.2, 0) is 15.7 Å². The summed E-state index contributed by atoms with van der Waals surface area (Å²) < 4.78 is 78.8. The maximum absolute atomic E-state index is 14.2. The Bertz CT molecular complexity index is 1160. The summed E-state index contributed by atoms with van der Waals surface area (Å²) in [5, 5.41) is 0. The third-order valence-corrected chi connectivity index (χ3v) is 7.58. The third kappa shape index (κ3) is 10.1. The van der Waals surface area contributed by atoms with Crippen LogP contribution in [0.15, 0.2) is 47.4 Å². The number of halogens is 5. The normalized spacial score (nSPS) is 17.1. The monoisotopic (exact) mass is 602 g/mol. The number of alkyl halides is 5. The van der Waals surface area contributed by atoms with Crippen molar-refractivity contribution in [2.45, 2.75) is 76.5 Å². The van der Waals surface area contributed by atoms with Gasteiger partial charge in [0.05, 0.1) is 22.1 Å². The molecule has 0 radical (unpaired) electrons. The van der Waals surface area contributed by atoms with Crippen LogP contribution in [0.3, 0.4) is 0 Å². The Morgan fingerprint density at radius 3 is 2.15 bits per heavy atom. The highest BCUT2D eigenvalue weighted by Gasteiger charge is 2.41. The van der Waals surface area contributed by atoms with Gasteiger partial charge in [0.1, 0.15) is 18.0 Å². The fourth-order valence-corrected chi connectivity index (χ4v) is 5.01. The lowest BCUT2D eigenvalue weighted by molar-refractivity contribution is -0.162. The van der Waals surface area contributed by atoms with Crippen molar-refractivity contribution in [1.29, 1.82) is 0 Å². The summed E-state index contributed by atoms with van der Waals surface area (Å²) >= 11 is 1.38. The van der Waals surface area contributed by atoms with Crippen LogP contribution >= 0.6 is 11.9 Å². The molecular formula is C30H39F5N2O3S. The number of hydrogen-bond donors (Lipinski definition) is 0. The number of esters is 1. The quantitative estimate of drug-likeness (QED) is 0.180. The van der Waals surface area contributed by atoms with Crippen LogP contribution < -0.4 is 9.64 Å². The zero-order valence-electron chi connectivity index (χ0n) is 24.4. The molecule has 0 amide bonds. The van der Waals surface area contributed by atoms with E-state index >= 15 is 0 Å². The molecule has 1 aliphatic carbocycles. The zero-order chi connectivity index (χ0) is 30.6. The van der Waals surface area contributed by atoms with E-state index < -0.39 is 35.2 Å². The van der Waals surface area contributed by atoms with Crippen molar-refractivity contribution in [3.05, 3.63) is 48.0 Å². The minimum atomic E-state index is -4.61. The Morgan fingerprint density at radius 2 is 1.63 bits per heavy atom. The molecule has 0 saturated heterocycles. The molecule has 228 valence electrons. The number of fused-ring (bicyclic) bond motifs is 1. The molecule has 2 aromatic carbocycles. The Kier molecular flexibility index (Phi) is 10.6. The van der Waals surface area contributed by atoms with E-state index in [-0.39, 0.29) is 24.7 Å². The SMILES string of the molecule is CCC(C)(F)F.CN1CCN(c2ccccc2)c2cc(C(F)(F)F)c(OCC(C(=O)OC(C)(C)C)C3CC3)cc2S1. The minimum absolute atomic E-state index is 0.0625. The van der Waals surface area contributed by atoms with Crippen LogP contribution in [0.1, 0.15) is 59.4 Å². The Morgan fingerprint density at radius 1 is 1.02 bits per heavy atom. The van der Waals surface area contributed by atoms with Gasteiger partial charge in [-0.2, -0.15) is 13.2 Å². The molecule has 0 spiro atoms. The number of carbonyl (C=O) groups is 1. The second-order valence-electron chi connectivity index (χ2n) is 11.5. The lowest BCUT2D eigenvalue weighted by Gasteiger charge is -2.27. The molecule has 11 heteroatoms. The van der Waals surface area contributed by atoms with E-state index in [1.165, 1.54) is 31.0 Å². The van der Waals surface area contributed by atoms with Gasteiger partial charge in [-0.25, -0.2) is 13.1 Å². The number of benzene rings is 2. The van der Waals surface area contributed by atoms with Crippen LogP contribution in [0.5, 0.6) is 5.75 Å². The average molecular weight is 603 g/mol. The predicted molar refractivity (Wildman–Crippen MR) is 152 cm³/mol. The Balaban J connectivity index is 0.000000696. The predicted octanol–water partition coefficient (Wildman–Crippen LogP) is 8.59. The van der Waals surface area contributed by atoms with Gasteiger partial charge in [0.2, 0.25) is 5.92 Å². The maximum atomic E-state index is 14.2. The number of nitrogens with zero attached hydrogens (tertiary/aromatic N) is 2. The second-order valence-corrected chi connectivity index (χ2v) is 12.7. The summed E-state index contributed by atoms with van der Waals surface area (Å²) in [7, 11) is 1.91. The molecule has 1 fully saturated rings. The van der Waals surface area contributed by atoms with Crippen LogP contribution in [0, 0.1) is 11.8 Å². The molecule has 0 bridgehead atoms. The third-order valence-electron chi connectivity index (χ3n) is 6.56. The number of likely N-dealkylation sites (N-methyl/N-ethyl adjacent to an activating group) is 1. The highest BCUT2D eigenvalue weighted by molar-refractivity contribution is 7.97. The summed E-state index contributed by atoms with van der Waals surface area (Å²) in [5.74, 6) is -3.66. The van der Waals surface area contributed by atoms with Gasteiger partial charge in [0.15, 0.2) is 0 Å². The molecule has 1 atom stereocenters. The first-order valence-electron chi connectivity index (χ1n) is 13.7. The molecule has 1 saturated carbocycles. The first-order valence-corrected chi connectivity index (χ1v) is 14.5. The van der Waals surface area contributed by atoms with Crippen LogP contribution in [-0.4, -0.2) is 48.5 Å². The lowest BCUT2D eigenvalue weighted by atomic mass is 10.0. The van der Waals surface area contributed by atoms with Gasteiger partial charge in [-0.1, -0.05) is 25.1 Å². The smallest absolute Gasteiger partial charge is 0.420 e. The minimum Gasteiger partial charge on any atom is -0.492 e. The van der Waals surface area contributed by atoms with Crippen molar-refractivity contribution >= 4 is 29.3 Å². The number of hydrogen-bond acceptors (Lipinski definition) is 6. The van der Waals surface area contributed by atoms with Gasteiger partial charge in [0.25, 0.3) is 0 Å². The highest BCUT2D eigenvalue weighted by Crippen LogP contribution is 2.47. The van der Waals surface area contributed by atoms with Gasteiger partial charge < -0.3 is 14.4 Å². The van der Waals surface area contributed by atoms with Crippen LogP contribution in [0.2, 0.25) is 0 Å². The van der Waals surface area contributed by atoms with E-state index in [0.29, 0.717) is 23.7 Å². The molecule has 0 aromatic heterocycles. The van der Waals surface area contributed by atoms with Crippen LogP contribution in [0.4, 0.5) is 33.3 Å². The van der Waals surface area contributed by atoms with Gasteiger partial charge in [-0.3, -0.25) is 4.79 Å². The fraction of sp³-hybridized carbons (Fsp3) is 0.567. The molecule has 1 heterocycles. The number of ether oxygens (including phenoxy) is 2. The highest BCUT2D eigenvalue weighted by atomic mass is 32.2.